The minimum atomic E-state index is -0.295. The van der Waals surface area contributed by atoms with Gasteiger partial charge in [0.1, 0.15) is 11.6 Å². The Kier molecular flexibility index (Phi) is 6.35. The first-order chi connectivity index (χ1) is 12.6. The molecule has 0 unspecified atom stereocenters. The average molecular weight is 390 g/mol. The molecule has 0 atom stereocenters. The number of nitrogens with zero attached hydrogens (tertiary/aromatic N) is 1. The molecule has 0 radical (unpaired) electrons. The molecule has 3 rings (SSSR count). The van der Waals surface area contributed by atoms with E-state index < -0.39 is 0 Å². The van der Waals surface area contributed by atoms with E-state index in [1.807, 2.05) is 5.38 Å². The highest BCUT2D eigenvalue weighted by atomic mass is 32.2. The molecule has 134 valence electrons. The molecule has 2 aromatic carbocycles. The summed E-state index contributed by atoms with van der Waals surface area (Å²) in [6.07, 6.45) is 1.10. The first-order valence-electron chi connectivity index (χ1n) is 8.00. The van der Waals surface area contributed by atoms with E-state index in [-0.39, 0.29) is 17.5 Å². The second-order valence-electron chi connectivity index (χ2n) is 5.50. The fraction of sp³-hybridized carbons (Fsp3) is 0.158. The summed E-state index contributed by atoms with van der Waals surface area (Å²) >= 11 is 2.93. The molecule has 0 saturated carbocycles. The van der Waals surface area contributed by atoms with Gasteiger partial charge < -0.3 is 5.32 Å². The summed E-state index contributed by atoms with van der Waals surface area (Å²) in [5, 5.41) is 5.14. The number of amides is 1. The van der Waals surface area contributed by atoms with E-state index in [2.05, 4.69) is 10.3 Å². The normalized spacial score (nSPS) is 10.7. The largest absolute Gasteiger partial charge is 0.302 e. The molecule has 1 aromatic heterocycles. The Hall–Kier alpha value is -2.25. The fourth-order valence-electron chi connectivity index (χ4n) is 2.22. The van der Waals surface area contributed by atoms with Crippen LogP contribution in [0.15, 0.2) is 58.8 Å². The zero-order chi connectivity index (χ0) is 18.4. The van der Waals surface area contributed by atoms with Gasteiger partial charge in [-0.3, -0.25) is 4.79 Å². The van der Waals surface area contributed by atoms with Gasteiger partial charge >= 0.3 is 0 Å². The number of halogens is 2. The van der Waals surface area contributed by atoms with Crippen LogP contribution in [0.5, 0.6) is 0 Å². The van der Waals surface area contributed by atoms with E-state index in [1.165, 1.54) is 35.6 Å². The lowest BCUT2D eigenvalue weighted by Gasteiger charge is -2.03. The van der Waals surface area contributed by atoms with Gasteiger partial charge in [0, 0.05) is 22.3 Å². The van der Waals surface area contributed by atoms with Gasteiger partial charge in [-0.1, -0.05) is 0 Å². The molecule has 0 bridgehead atoms. The first kappa shape index (κ1) is 18.5. The third-order valence-corrected chi connectivity index (χ3v) is 5.38. The van der Waals surface area contributed by atoms with Crippen LogP contribution in [0.4, 0.5) is 13.9 Å². The second kappa shape index (κ2) is 8.91. The van der Waals surface area contributed by atoms with Crippen molar-refractivity contribution in [3.05, 3.63) is 65.5 Å². The van der Waals surface area contributed by atoms with Gasteiger partial charge in [0.2, 0.25) is 5.91 Å². The topological polar surface area (TPSA) is 42.0 Å². The summed E-state index contributed by atoms with van der Waals surface area (Å²) in [5.74, 6) is 0.135. The minimum Gasteiger partial charge on any atom is -0.302 e. The third kappa shape index (κ3) is 5.37. The van der Waals surface area contributed by atoms with Crippen molar-refractivity contribution in [1.29, 1.82) is 0 Å². The fourth-order valence-corrected chi connectivity index (χ4v) is 3.81. The van der Waals surface area contributed by atoms with E-state index in [9.17, 15) is 13.6 Å². The number of carbonyl (C=O) groups is 1. The number of hydrogen-bond acceptors (Lipinski definition) is 4. The summed E-state index contributed by atoms with van der Waals surface area (Å²) in [6.45, 7) is 0. The van der Waals surface area contributed by atoms with Crippen LogP contribution < -0.4 is 5.32 Å². The van der Waals surface area contributed by atoms with Crippen LogP contribution in [-0.2, 0) is 4.79 Å². The Labute approximate surface area is 158 Å². The van der Waals surface area contributed by atoms with Crippen molar-refractivity contribution in [1.82, 2.24) is 4.98 Å². The van der Waals surface area contributed by atoms with E-state index in [0.717, 1.165) is 16.2 Å². The number of nitrogens with one attached hydrogen (secondary N) is 1. The standard InChI is InChI=1S/C19H16F2N2OS2/c20-14-5-3-13(4-6-14)17-12-26-19(22-17)23-18(24)2-1-11-25-16-9-7-15(21)8-10-16/h3-10,12H,1-2,11H2,(H,22,23,24). The van der Waals surface area contributed by atoms with Crippen molar-refractivity contribution in [2.24, 2.45) is 0 Å². The van der Waals surface area contributed by atoms with Crippen LogP contribution >= 0.6 is 23.1 Å². The maximum absolute atomic E-state index is 13.0. The minimum absolute atomic E-state index is 0.0929. The number of benzene rings is 2. The Morgan fingerprint density at radius 1 is 1.04 bits per heavy atom. The first-order valence-corrected chi connectivity index (χ1v) is 9.86. The second-order valence-corrected chi connectivity index (χ2v) is 7.53. The van der Waals surface area contributed by atoms with E-state index in [4.69, 9.17) is 0 Å². The Balaban J connectivity index is 1.43. The summed E-state index contributed by atoms with van der Waals surface area (Å²) < 4.78 is 25.8. The predicted octanol–water partition coefficient (Wildman–Crippen LogP) is 5.60. The molecular weight excluding hydrogens is 374 g/mol. The van der Waals surface area contributed by atoms with Gasteiger partial charge in [0.25, 0.3) is 0 Å². The molecule has 1 amide bonds. The number of aromatic nitrogens is 1. The van der Waals surface area contributed by atoms with Crippen LogP contribution in [0.25, 0.3) is 11.3 Å². The summed E-state index contributed by atoms with van der Waals surface area (Å²) in [6, 6.07) is 12.4. The molecule has 1 heterocycles. The van der Waals surface area contributed by atoms with Crippen molar-refractivity contribution in [3.63, 3.8) is 0 Å². The Bertz CT molecular complexity index is 864. The third-order valence-electron chi connectivity index (χ3n) is 3.52. The van der Waals surface area contributed by atoms with Gasteiger partial charge in [-0.05, 0) is 60.7 Å². The predicted molar refractivity (Wildman–Crippen MR) is 102 cm³/mol. The molecule has 0 aliphatic heterocycles. The zero-order valence-corrected chi connectivity index (χ0v) is 15.4. The van der Waals surface area contributed by atoms with Crippen LogP contribution in [0.2, 0.25) is 0 Å². The van der Waals surface area contributed by atoms with Gasteiger partial charge in [0.15, 0.2) is 5.13 Å². The van der Waals surface area contributed by atoms with Crippen LogP contribution in [0.3, 0.4) is 0 Å². The van der Waals surface area contributed by atoms with Crippen LogP contribution in [-0.4, -0.2) is 16.6 Å². The molecule has 0 spiro atoms. The lowest BCUT2D eigenvalue weighted by Crippen LogP contribution is -2.11. The monoisotopic (exact) mass is 390 g/mol. The Morgan fingerprint density at radius 2 is 1.69 bits per heavy atom. The molecule has 1 N–H and O–H groups in total. The van der Waals surface area contributed by atoms with E-state index in [1.54, 1.807) is 36.0 Å². The van der Waals surface area contributed by atoms with E-state index in [0.29, 0.717) is 23.7 Å². The Morgan fingerprint density at radius 3 is 2.38 bits per heavy atom. The molecule has 0 saturated heterocycles. The maximum Gasteiger partial charge on any atom is 0.226 e. The zero-order valence-electron chi connectivity index (χ0n) is 13.7. The van der Waals surface area contributed by atoms with Crippen LogP contribution in [0, 0.1) is 11.6 Å². The number of thiazole rings is 1. The van der Waals surface area contributed by atoms with Crippen LogP contribution in [0.1, 0.15) is 12.8 Å². The highest BCUT2D eigenvalue weighted by Crippen LogP contribution is 2.25. The highest BCUT2D eigenvalue weighted by molar-refractivity contribution is 7.99. The van der Waals surface area contributed by atoms with Crippen molar-refractivity contribution in [2.45, 2.75) is 17.7 Å². The smallest absolute Gasteiger partial charge is 0.226 e. The van der Waals surface area contributed by atoms with Gasteiger partial charge in [-0.15, -0.1) is 23.1 Å². The summed E-state index contributed by atoms with van der Waals surface area (Å²) in [7, 11) is 0. The molecule has 3 nitrogen and oxygen atoms in total. The van der Waals surface area contributed by atoms with Crippen molar-refractivity contribution in [3.8, 4) is 11.3 Å². The van der Waals surface area contributed by atoms with Gasteiger partial charge in [-0.2, -0.15) is 0 Å². The molecule has 0 aliphatic carbocycles. The van der Waals surface area contributed by atoms with Crippen molar-refractivity contribution in [2.75, 3.05) is 11.1 Å². The molecule has 7 heteroatoms. The van der Waals surface area contributed by atoms with E-state index >= 15 is 0 Å². The highest BCUT2D eigenvalue weighted by Gasteiger charge is 2.08. The SMILES string of the molecule is O=C(CCCSc1ccc(F)cc1)Nc1nc(-c2ccc(F)cc2)cs1. The molecule has 0 aliphatic rings. The summed E-state index contributed by atoms with van der Waals surface area (Å²) in [5.41, 5.74) is 1.51. The lowest BCUT2D eigenvalue weighted by atomic mass is 10.2. The number of carbonyl (C=O) groups excluding carboxylic acids is 1. The number of anilines is 1. The number of hydrogen-bond donors (Lipinski definition) is 1. The summed E-state index contributed by atoms with van der Waals surface area (Å²) in [4.78, 5) is 17.3. The quantitative estimate of drug-likeness (QED) is 0.422. The number of thioether (sulfide) groups is 1. The lowest BCUT2D eigenvalue weighted by molar-refractivity contribution is -0.116. The molecular formula is C19H16F2N2OS2. The number of rotatable bonds is 7. The van der Waals surface area contributed by atoms with Gasteiger partial charge in [0.05, 0.1) is 5.69 Å². The van der Waals surface area contributed by atoms with Gasteiger partial charge in [-0.25, -0.2) is 13.8 Å². The molecule has 3 aromatic rings. The average Bonchev–Trinajstić information content (AvgIpc) is 3.09. The molecule has 0 fully saturated rings. The molecule has 26 heavy (non-hydrogen) atoms. The maximum atomic E-state index is 13.0. The van der Waals surface area contributed by atoms with Crippen molar-refractivity contribution < 1.29 is 13.6 Å². The van der Waals surface area contributed by atoms with Crippen molar-refractivity contribution >= 4 is 34.1 Å².